The Morgan fingerprint density at radius 1 is 0.920 bits per heavy atom. The van der Waals surface area contributed by atoms with Crippen molar-refractivity contribution >= 4 is 18.1 Å². The molecule has 130 valence electrons. The molecule has 0 saturated carbocycles. The molecule has 0 spiro atoms. The Balaban J connectivity index is 1.95. The van der Waals surface area contributed by atoms with Crippen molar-refractivity contribution in [3.05, 3.63) is 76.9 Å². The zero-order chi connectivity index (χ0) is 18.1. The highest BCUT2D eigenvalue weighted by atomic mass is 16.5. The van der Waals surface area contributed by atoms with Crippen LogP contribution in [-0.4, -0.2) is 19.2 Å². The van der Waals surface area contributed by atoms with E-state index >= 15 is 0 Å². The van der Waals surface area contributed by atoms with Gasteiger partial charge in [0.1, 0.15) is 12.4 Å². The van der Waals surface area contributed by atoms with E-state index in [2.05, 4.69) is 13.8 Å². The number of benzene rings is 2. The van der Waals surface area contributed by atoms with Gasteiger partial charge in [0.05, 0.1) is 12.2 Å². The van der Waals surface area contributed by atoms with Crippen LogP contribution in [0.4, 0.5) is 0 Å². The largest absolute Gasteiger partial charge is 0.490 e. The number of allylic oxidation sites excluding steroid dienone is 1. The zero-order valence-corrected chi connectivity index (χ0v) is 15.0. The molecule has 0 aliphatic heterocycles. The predicted molar refractivity (Wildman–Crippen MR) is 103 cm³/mol. The quantitative estimate of drug-likeness (QED) is 0.387. The minimum Gasteiger partial charge on any atom is -0.490 e. The molecule has 0 heterocycles. The van der Waals surface area contributed by atoms with Gasteiger partial charge in [-0.2, -0.15) is 0 Å². The average Bonchev–Trinajstić information content (AvgIpc) is 2.61. The van der Waals surface area contributed by atoms with Crippen LogP contribution in [0, 0.1) is 0 Å². The lowest BCUT2D eigenvalue weighted by Gasteiger charge is -2.04. The molecule has 3 nitrogen and oxygen atoms in total. The predicted octanol–water partition coefficient (Wildman–Crippen LogP) is 5.38. The van der Waals surface area contributed by atoms with E-state index < -0.39 is 0 Å². The number of carbonyl (C=O) groups is 1. The molecule has 2 aromatic carbocycles. The van der Waals surface area contributed by atoms with Crippen molar-refractivity contribution in [1.82, 2.24) is 0 Å². The van der Waals surface area contributed by atoms with Gasteiger partial charge in [0.15, 0.2) is 0 Å². The molecule has 2 rings (SSSR count). The molecule has 0 amide bonds. The van der Waals surface area contributed by atoms with Crippen LogP contribution in [0.2, 0.25) is 0 Å². The fourth-order valence-electron chi connectivity index (χ4n) is 2.12. The standard InChI is InChI=1S/C22H24O3/c1-4-24-22(23)20-11-7-18(8-12-20)5-6-19-9-13-21(14-10-19)25-16-15-17(2)3/h5-15H,4,16H2,1-3H3/b6-5+. The Morgan fingerprint density at radius 3 is 2.00 bits per heavy atom. The van der Waals surface area contributed by atoms with Gasteiger partial charge in [-0.05, 0) is 62.2 Å². The zero-order valence-electron chi connectivity index (χ0n) is 15.0. The van der Waals surface area contributed by atoms with E-state index in [9.17, 15) is 4.79 Å². The highest BCUT2D eigenvalue weighted by Gasteiger charge is 2.04. The number of hydrogen-bond acceptors (Lipinski definition) is 3. The number of carbonyl (C=O) groups excluding carboxylic acids is 1. The normalized spacial score (nSPS) is 10.5. The highest BCUT2D eigenvalue weighted by molar-refractivity contribution is 5.89. The van der Waals surface area contributed by atoms with Crippen molar-refractivity contribution < 1.29 is 14.3 Å². The van der Waals surface area contributed by atoms with Gasteiger partial charge in [0.25, 0.3) is 0 Å². The van der Waals surface area contributed by atoms with Crippen LogP contribution in [0.15, 0.2) is 60.2 Å². The van der Waals surface area contributed by atoms with Crippen LogP contribution in [-0.2, 0) is 4.74 Å². The summed E-state index contributed by atoms with van der Waals surface area (Å²) in [4.78, 5) is 11.6. The summed E-state index contributed by atoms with van der Waals surface area (Å²) in [5.41, 5.74) is 3.92. The SMILES string of the molecule is CCOC(=O)c1ccc(/C=C/c2ccc(OCC=C(C)C)cc2)cc1. The van der Waals surface area contributed by atoms with Crippen LogP contribution >= 0.6 is 0 Å². The van der Waals surface area contributed by atoms with Crippen molar-refractivity contribution in [3.63, 3.8) is 0 Å². The Hall–Kier alpha value is -2.81. The van der Waals surface area contributed by atoms with Gasteiger partial charge >= 0.3 is 5.97 Å². The number of hydrogen-bond donors (Lipinski definition) is 0. The minimum absolute atomic E-state index is 0.290. The number of rotatable bonds is 7. The van der Waals surface area contributed by atoms with Gasteiger partial charge in [-0.15, -0.1) is 0 Å². The molecule has 0 radical (unpaired) electrons. The Bertz CT molecular complexity index is 734. The maximum Gasteiger partial charge on any atom is 0.338 e. The second-order valence-corrected chi connectivity index (χ2v) is 5.84. The molecular formula is C22H24O3. The molecule has 0 aliphatic rings. The van der Waals surface area contributed by atoms with Gasteiger partial charge in [0.2, 0.25) is 0 Å². The molecule has 0 unspecified atom stereocenters. The molecule has 0 saturated heterocycles. The molecule has 0 aliphatic carbocycles. The summed E-state index contributed by atoms with van der Waals surface area (Å²) >= 11 is 0. The van der Waals surface area contributed by atoms with E-state index in [0.717, 1.165) is 16.9 Å². The second kappa shape index (κ2) is 9.48. The fraction of sp³-hybridized carbons (Fsp3) is 0.227. The summed E-state index contributed by atoms with van der Waals surface area (Å²) in [5.74, 6) is 0.565. The summed E-state index contributed by atoms with van der Waals surface area (Å²) in [5, 5.41) is 0. The maximum atomic E-state index is 11.6. The van der Waals surface area contributed by atoms with Gasteiger partial charge in [-0.3, -0.25) is 0 Å². The Labute approximate surface area is 149 Å². The highest BCUT2D eigenvalue weighted by Crippen LogP contribution is 2.15. The molecule has 25 heavy (non-hydrogen) atoms. The van der Waals surface area contributed by atoms with E-state index in [1.165, 1.54) is 5.57 Å². The summed E-state index contributed by atoms with van der Waals surface area (Å²) in [6, 6.07) is 15.3. The van der Waals surface area contributed by atoms with E-state index in [1.54, 1.807) is 19.1 Å². The first-order valence-corrected chi connectivity index (χ1v) is 8.40. The molecular weight excluding hydrogens is 312 g/mol. The van der Waals surface area contributed by atoms with Gasteiger partial charge in [-0.25, -0.2) is 4.79 Å². The average molecular weight is 336 g/mol. The van der Waals surface area contributed by atoms with Crippen LogP contribution < -0.4 is 4.74 Å². The smallest absolute Gasteiger partial charge is 0.338 e. The van der Waals surface area contributed by atoms with Crippen LogP contribution in [0.25, 0.3) is 12.2 Å². The third-order valence-electron chi connectivity index (χ3n) is 3.51. The van der Waals surface area contributed by atoms with Crippen molar-refractivity contribution in [3.8, 4) is 5.75 Å². The maximum absolute atomic E-state index is 11.6. The van der Waals surface area contributed by atoms with Crippen LogP contribution in [0.5, 0.6) is 5.75 Å². The lowest BCUT2D eigenvalue weighted by atomic mass is 10.1. The van der Waals surface area contributed by atoms with Crippen LogP contribution in [0.3, 0.4) is 0 Å². The first kappa shape index (κ1) is 18.5. The van der Waals surface area contributed by atoms with E-state index in [4.69, 9.17) is 9.47 Å². The minimum atomic E-state index is -0.290. The van der Waals surface area contributed by atoms with Gasteiger partial charge < -0.3 is 9.47 Å². The van der Waals surface area contributed by atoms with E-state index in [1.807, 2.05) is 54.6 Å². The van der Waals surface area contributed by atoms with Crippen molar-refractivity contribution in [1.29, 1.82) is 0 Å². The molecule has 0 bridgehead atoms. The second-order valence-electron chi connectivity index (χ2n) is 5.84. The first-order valence-electron chi connectivity index (χ1n) is 8.40. The van der Waals surface area contributed by atoms with E-state index in [-0.39, 0.29) is 5.97 Å². The monoisotopic (exact) mass is 336 g/mol. The molecule has 0 fully saturated rings. The van der Waals surface area contributed by atoms with Gasteiger partial charge in [-0.1, -0.05) is 42.0 Å². The summed E-state index contributed by atoms with van der Waals surface area (Å²) in [6.07, 6.45) is 6.08. The van der Waals surface area contributed by atoms with Crippen LogP contribution in [0.1, 0.15) is 42.3 Å². The third kappa shape index (κ3) is 6.30. The first-order chi connectivity index (χ1) is 12.1. The lowest BCUT2D eigenvalue weighted by molar-refractivity contribution is 0.0526. The molecule has 2 aromatic rings. The fourth-order valence-corrected chi connectivity index (χ4v) is 2.12. The lowest BCUT2D eigenvalue weighted by Crippen LogP contribution is -2.03. The summed E-state index contributed by atoms with van der Waals surface area (Å²) < 4.78 is 10.6. The number of ether oxygens (including phenoxy) is 2. The molecule has 0 aromatic heterocycles. The molecule has 0 N–H and O–H groups in total. The summed E-state index contributed by atoms with van der Waals surface area (Å²) in [6.45, 7) is 6.87. The molecule has 3 heteroatoms. The van der Waals surface area contributed by atoms with Gasteiger partial charge in [0, 0.05) is 0 Å². The van der Waals surface area contributed by atoms with Crippen molar-refractivity contribution in [2.24, 2.45) is 0 Å². The number of esters is 1. The summed E-state index contributed by atoms with van der Waals surface area (Å²) in [7, 11) is 0. The van der Waals surface area contributed by atoms with Crippen molar-refractivity contribution in [2.75, 3.05) is 13.2 Å². The van der Waals surface area contributed by atoms with E-state index in [0.29, 0.717) is 18.8 Å². The topological polar surface area (TPSA) is 35.5 Å². The molecule has 0 atom stereocenters. The Kier molecular flexibility index (Phi) is 7.02. The van der Waals surface area contributed by atoms with Crippen molar-refractivity contribution in [2.45, 2.75) is 20.8 Å². The third-order valence-corrected chi connectivity index (χ3v) is 3.51. The Morgan fingerprint density at radius 2 is 1.48 bits per heavy atom.